The highest BCUT2D eigenvalue weighted by Gasteiger charge is 2.15. The molecule has 0 bridgehead atoms. The molecule has 0 amide bonds. The molecule has 0 aliphatic heterocycles. The molecule has 0 atom stereocenters. The molecule has 0 aliphatic carbocycles. The third kappa shape index (κ3) is 1.74. The Labute approximate surface area is 95.6 Å². The zero-order chi connectivity index (χ0) is 11.7. The van der Waals surface area contributed by atoms with Crippen LogP contribution in [0.5, 0.6) is 0 Å². The maximum Gasteiger partial charge on any atom is 0.358 e. The number of pyridine rings is 1. The monoisotopic (exact) mass is 242 g/mol. The maximum atomic E-state index is 13.3. The molecule has 2 aromatic rings. The predicted octanol–water partition coefficient (Wildman–Crippen LogP) is 2.30. The minimum absolute atomic E-state index is 0.00977. The first-order valence-corrected chi connectivity index (χ1v) is 5.01. The topological polar surface area (TPSA) is 43.6 Å². The number of nitrogens with zero attached hydrogens (tertiary/aromatic N) is 2. The standard InChI is InChI=1S/C10H8ClFN2O2/c1-2-16-10(15)7-5-14-8(11)4-3-6(12)9(14)13-7/h3-5H,2H2,1H3. The lowest BCUT2D eigenvalue weighted by Crippen LogP contribution is -2.04. The summed E-state index contributed by atoms with van der Waals surface area (Å²) in [5.41, 5.74) is 0.0457. The second kappa shape index (κ2) is 4.09. The van der Waals surface area contributed by atoms with Crippen molar-refractivity contribution in [2.45, 2.75) is 6.92 Å². The molecular weight excluding hydrogens is 235 g/mol. The molecule has 16 heavy (non-hydrogen) atoms. The maximum absolute atomic E-state index is 13.3. The van der Waals surface area contributed by atoms with Crippen LogP contribution in [-0.4, -0.2) is 22.0 Å². The van der Waals surface area contributed by atoms with Crippen LogP contribution in [0, 0.1) is 5.82 Å². The average molecular weight is 243 g/mol. The van der Waals surface area contributed by atoms with Crippen LogP contribution in [0.15, 0.2) is 18.3 Å². The van der Waals surface area contributed by atoms with Crippen LogP contribution in [0.2, 0.25) is 5.15 Å². The number of aromatic nitrogens is 2. The summed E-state index contributed by atoms with van der Waals surface area (Å²) in [4.78, 5) is 15.2. The highest BCUT2D eigenvalue weighted by Crippen LogP contribution is 2.17. The number of hydrogen-bond donors (Lipinski definition) is 0. The number of imidazole rings is 1. The van der Waals surface area contributed by atoms with Gasteiger partial charge in [0.15, 0.2) is 17.2 Å². The first kappa shape index (κ1) is 10.9. The molecule has 6 heteroatoms. The molecule has 0 fully saturated rings. The minimum Gasteiger partial charge on any atom is -0.461 e. The first-order chi connectivity index (χ1) is 7.63. The summed E-state index contributed by atoms with van der Waals surface area (Å²) in [5, 5.41) is 0.277. The summed E-state index contributed by atoms with van der Waals surface area (Å²) in [6.45, 7) is 1.92. The first-order valence-electron chi connectivity index (χ1n) is 4.63. The number of rotatable bonds is 2. The van der Waals surface area contributed by atoms with Crippen molar-refractivity contribution in [3.05, 3.63) is 35.0 Å². The number of hydrogen-bond acceptors (Lipinski definition) is 3. The Kier molecular flexibility index (Phi) is 2.78. The van der Waals surface area contributed by atoms with E-state index in [1.807, 2.05) is 0 Å². The van der Waals surface area contributed by atoms with Crippen molar-refractivity contribution in [3.8, 4) is 0 Å². The normalized spacial score (nSPS) is 10.7. The van der Waals surface area contributed by atoms with E-state index in [0.717, 1.165) is 0 Å². The number of halogens is 2. The summed E-state index contributed by atoms with van der Waals surface area (Å²) < 4.78 is 19.4. The largest absolute Gasteiger partial charge is 0.461 e. The van der Waals surface area contributed by atoms with Crippen molar-refractivity contribution in [2.75, 3.05) is 6.61 Å². The summed E-state index contributed by atoms with van der Waals surface area (Å²) >= 11 is 5.83. The molecular formula is C10H8ClFN2O2. The van der Waals surface area contributed by atoms with E-state index in [9.17, 15) is 9.18 Å². The molecule has 84 valence electrons. The lowest BCUT2D eigenvalue weighted by Gasteiger charge is -1.96. The Morgan fingerprint density at radius 2 is 2.38 bits per heavy atom. The third-order valence-corrected chi connectivity index (χ3v) is 2.31. The fourth-order valence-corrected chi connectivity index (χ4v) is 1.50. The van der Waals surface area contributed by atoms with Crippen LogP contribution in [0.1, 0.15) is 17.4 Å². The van der Waals surface area contributed by atoms with Crippen molar-refractivity contribution < 1.29 is 13.9 Å². The lowest BCUT2D eigenvalue weighted by atomic mass is 10.4. The van der Waals surface area contributed by atoms with Gasteiger partial charge in [-0.2, -0.15) is 0 Å². The average Bonchev–Trinajstić information content (AvgIpc) is 2.70. The van der Waals surface area contributed by atoms with Crippen LogP contribution in [0.3, 0.4) is 0 Å². The predicted molar refractivity (Wildman–Crippen MR) is 56.1 cm³/mol. The second-order valence-corrected chi connectivity index (χ2v) is 3.43. The number of carbonyl (C=O) groups is 1. The van der Waals surface area contributed by atoms with E-state index in [1.54, 1.807) is 6.92 Å². The van der Waals surface area contributed by atoms with E-state index in [4.69, 9.17) is 16.3 Å². The highest BCUT2D eigenvalue weighted by molar-refractivity contribution is 6.29. The van der Waals surface area contributed by atoms with Crippen LogP contribution in [0.25, 0.3) is 5.65 Å². The van der Waals surface area contributed by atoms with Gasteiger partial charge in [-0.15, -0.1) is 0 Å². The van der Waals surface area contributed by atoms with Gasteiger partial charge in [0.25, 0.3) is 0 Å². The third-order valence-electron chi connectivity index (χ3n) is 2.00. The zero-order valence-electron chi connectivity index (χ0n) is 8.41. The molecule has 0 spiro atoms. The van der Waals surface area contributed by atoms with Gasteiger partial charge >= 0.3 is 5.97 Å². The summed E-state index contributed by atoms with van der Waals surface area (Å²) in [7, 11) is 0. The van der Waals surface area contributed by atoms with Gasteiger partial charge in [-0.3, -0.25) is 4.40 Å². The summed E-state index contributed by atoms with van der Waals surface area (Å²) in [5.74, 6) is -1.14. The van der Waals surface area contributed by atoms with Crippen LogP contribution < -0.4 is 0 Å². The van der Waals surface area contributed by atoms with Crippen molar-refractivity contribution in [3.63, 3.8) is 0 Å². The van der Waals surface area contributed by atoms with E-state index in [0.29, 0.717) is 0 Å². The fourth-order valence-electron chi connectivity index (χ4n) is 1.31. The van der Waals surface area contributed by atoms with Crippen molar-refractivity contribution in [1.29, 1.82) is 0 Å². The molecule has 2 aromatic heterocycles. The van der Waals surface area contributed by atoms with Gasteiger partial charge in [0.05, 0.1) is 6.61 Å². The molecule has 0 saturated carbocycles. The van der Waals surface area contributed by atoms with E-state index in [2.05, 4.69) is 4.98 Å². The minimum atomic E-state index is -0.596. The van der Waals surface area contributed by atoms with Gasteiger partial charge in [0, 0.05) is 6.20 Å². The molecule has 0 aliphatic rings. The second-order valence-electron chi connectivity index (χ2n) is 3.04. The zero-order valence-corrected chi connectivity index (χ0v) is 9.16. The molecule has 0 N–H and O–H groups in total. The Bertz CT molecular complexity index is 514. The number of esters is 1. The molecule has 0 unspecified atom stereocenters. The van der Waals surface area contributed by atoms with Crippen molar-refractivity contribution in [1.82, 2.24) is 9.38 Å². The molecule has 2 rings (SSSR count). The fraction of sp³-hybridized carbons (Fsp3) is 0.200. The van der Waals surface area contributed by atoms with Gasteiger partial charge in [0.1, 0.15) is 5.15 Å². The number of ether oxygens (including phenoxy) is 1. The molecule has 2 heterocycles. The van der Waals surface area contributed by atoms with Gasteiger partial charge in [-0.05, 0) is 19.1 Å². The molecule has 4 nitrogen and oxygen atoms in total. The van der Waals surface area contributed by atoms with Crippen LogP contribution in [0.4, 0.5) is 4.39 Å². The molecule has 0 saturated heterocycles. The summed E-state index contributed by atoms with van der Waals surface area (Å²) in [6.07, 6.45) is 1.35. The molecule has 0 radical (unpaired) electrons. The Morgan fingerprint density at radius 1 is 1.62 bits per heavy atom. The highest BCUT2D eigenvalue weighted by atomic mass is 35.5. The number of fused-ring (bicyclic) bond motifs is 1. The van der Waals surface area contributed by atoms with E-state index < -0.39 is 11.8 Å². The molecule has 0 aromatic carbocycles. The van der Waals surface area contributed by atoms with Gasteiger partial charge in [-0.1, -0.05) is 11.6 Å². The Morgan fingerprint density at radius 3 is 3.00 bits per heavy atom. The van der Waals surface area contributed by atoms with E-state index in [-0.39, 0.29) is 23.1 Å². The van der Waals surface area contributed by atoms with Gasteiger partial charge in [-0.25, -0.2) is 14.2 Å². The van der Waals surface area contributed by atoms with E-state index in [1.165, 1.54) is 22.7 Å². The van der Waals surface area contributed by atoms with E-state index >= 15 is 0 Å². The quantitative estimate of drug-likeness (QED) is 0.600. The van der Waals surface area contributed by atoms with Gasteiger partial charge in [0.2, 0.25) is 0 Å². The van der Waals surface area contributed by atoms with Crippen molar-refractivity contribution >= 4 is 23.2 Å². The SMILES string of the molecule is CCOC(=O)c1cn2c(Cl)ccc(F)c2n1. The summed E-state index contributed by atoms with van der Waals surface area (Å²) in [6, 6.07) is 2.58. The lowest BCUT2D eigenvalue weighted by molar-refractivity contribution is 0.0520. The van der Waals surface area contributed by atoms with Crippen molar-refractivity contribution in [2.24, 2.45) is 0 Å². The van der Waals surface area contributed by atoms with Crippen LogP contribution in [-0.2, 0) is 4.74 Å². The Hall–Kier alpha value is -1.62. The number of carbonyl (C=O) groups excluding carboxylic acids is 1. The van der Waals surface area contributed by atoms with Gasteiger partial charge < -0.3 is 4.74 Å². The Balaban J connectivity index is 2.55. The van der Waals surface area contributed by atoms with Crippen LogP contribution >= 0.6 is 11.6 Å². The smallest absolute Gasteiger partial charge is 0.358 e.